The summed E-state index contributed by atoms with van der Waals surface area (Å²) in [5, 5.41) is 0. The van der Waals surface area contributed by atoms with Crippen LogP contribution in [0.5, 0.6) is 11.5 Å². The summed E-state index contributed by atoms with van der Waals surface area (Å²) in [6, 6.07) is 11.3. The first-order valence-corrected chi connectivity index (χ1v) is 10.5. The van der Waals surface area contributed by atoms with E-state index in [-0.39, 0.29) is 23.0 Å². The summed E-state index contributed by atoms with van der Waals surface area (Å²) in [7, 11) is -3.89. The molecule has 0 fully saturated rings. The Labute approximate surface area is 165 Å². The summed E-state index contributed by atoms with van der Waals surface area (Å²) < 4.78 is 39.9. The maximum atomic E-state index is 13.0. The summed E-state index contributed by atoms with van der Waals surface area (Å²) in [6.07, 6.45) is -0.269. The number of sulfonamides is 1. The molecule has 1 aliphatic heterocycles. The molecule has 2 aromatic carbocycles. The van der Waals surface area contributed by atoms with Crippen molar-refractivity contribution >= 4 is 27.3 Å². The predicted molar refractivity (Wildman–Crippen MR) is 108 cm³/mol. The Morgan fingerprint density at radius 2 is 1.96 bits per heavy atom. The van der Waals surface area contributed by atoms with E-state index in [2.05, 4.69) is 4.72 Å². The highest BCUT2D eigenvalue weighted by molar-refractivity contribution is 7.92. The monoisotopic (exact) mass is 404 g/mol. The molecule has 1 aliphatic rings. The van der Waals surface area contributed by atoms with Crippen molar-refractivity contribution < 1.29 is 22.7 Å². The number of carbonyl (C=O) groups is 1. The van der Waals surface area contributed by atoms with Gasteiger partial charge in [0.05, 0.1) is 28.9 Å². The molecular weight excluding hydrogens is 380 g/mol. The van der Waals surface area contributed by atoms with Gasteiger partial charge in [-0.15, -0.1) is 0 Å². The number of para-hydroxylation sites is 2. The van der Waals surface area contributed by atoms with Crippen molar-refractivity contribution in [1.82, 2.24) is 0 Å². The number of carbonyl (C=O) groups excluding carboxylic acids is 1. The molecule has 0 radical (unpaired) electrons. The first-order chi connectivity index (χ1) is 13.2. The maximum absolute atomic E-state index is 13.0. The molecule has 0 saturated heterocycles. The van der Waals surface area contributed by atoms with Crippen LogP contribution in [0.4, 0.5) is 11.4 Å². The quantitative estimate of drug-likeness (QED) is 0.825. The first kappa shape index (κ1) is 20.0. The molecule has 150 valence electrons. The second-order valence-corrected chi connectivity index (χ2v) is 8.64. The molecule has 2 aromatic rings. The third-order valence-corrected chi connectivity index (χ3v) is 5.54. The van der Waals surface area contributed by atoms with Crippen molar-refractivity contribution in [3.8, 4) is 11.5 Å². The van der Waals surface area contributed by atoms with Gasteiger partial charge in [0.15, 0.2) is 0 Å². The molecule has 0 bridgehead atoms. The summed E-state index contributed by atoms with van der Waals surface area (Å²) in [5.74, 6) is 0.757. The van der Waals surface area contributed by atoms with Crippen molar-refractivity contribution in [2.45, 2.75) is 44.8 Å². The van der Waals surface area contributed by atoms with Crippen molar-refractivity contribution in [3.63, 3.8) is 0 Å². The molecule has 1 amide bonds. The van der Waals surface area contributed by atoms with Crippen LogP contribution >= 0.6 is 0 Å². The maximum Gasteiger partial charge on any atom is 0.262 e. The Morgan fingerprint density at radius 1 is 1.25 bits per heavy atom. The molecule has 0 aromatic heterocycles. The Bertz CT molecular complexity index is 988. The number of hydrogen-bond acceptors (Lipinski definition) is 5. The number of hydrogen-bond donors (Lipinski definition) is 1. The van der Waals surface area contributed by atoms with Crippen LogP contribution in [-0.4, -0.2) is 33.1 Å². The van der Waals surface area contributed by atoms with E-state index >= 15 is 0 Å². The van der Waals surface area contributed by atoms with Gasteiger partial charge in [-0.25, -0.2) is 8.42 Å². The minimum atomic E-state index is -3.89. The summed E-state index contributed by atoms with van der Waals surface area (Å²) in [6.45, 7) is 7.40. The van der Waals surface area contributed by atoms with Crippen LogP contribution in [0, 0.1) is 0 Å². The summed E-state index contributed by atoms with van der Waals surface area (Å²) in [5.41, 5.74) is 0.794. The number of nitrogens with one attached hydrogen (secondary N) is 1. The second kappa shape index (κ2) is 7.71. The fraction of sp³-hybridized carbons (Fsp3) is 0.350. The Morgan fingerprint density at radius 3 is 2.64 bits per heavy atom. The van der Waals surface area contributed by atoms with E-state index in [1.54, 1.807) is 30.3 Å². The van der Waals surface area contributed by atoms with Gasteiger partial charge in [0.25, 0.3) is 10.0 Å². The molecule has 0 aliphatic carbocycles. The van der Waals surface area contributed by atoms with E-state index in [1.807, 2.05) is 20.8 Å². The molecule has 7 nitrogen and oxygen atoms in total. The van der Waals surface area contributed by atoms with Gasteiger partial charge in [-0.05, 0) is 51.1 Å². The van der Waals surface area contributed by atoms with E-state index in [4.69, 9.17) is 9.47 Å². The van der Waals surface area contributed by atoms with Gasteiger partial charge < -0.3 is 14.4 Å². The van der Waals surface area contributed by atoms with Crippen LogP contribution in [-0.2, 0) is 14.8 Å². The summed E-state index contributed by atoms with van der Waals surface area (Å²) in [4.78, 5) is 13.6. The van der Waals surface area contributed by atoms with Gasteiger partial charge in [0.1, 0.15) is 17.6 Å². The van der Waals surface area contributed by atoms with Gasteiger partial charge in [-0.1, -0.05) is 12.1 Å². The molecule has 0 spiro atoms. The first-order valence-electron chi connectivity index (χ1n) is 9.04. The number of rotatable bonds is 5. The fourth-order valence-corrected chi connectivity index (χ4v) is 4.08. The number of ether oxygens (including phenoxy) is 2. The van der Waals surface area contributed by atoms with Crippen LogP contribution < -0.4 is 19.1 Å². The van der Waals surface area contributed by atoms with Gasteiger partial charge in [0, 0.05) is 6.92 Å². The lowest BCUT2D eigenvalue weighted by Gasteiger charge is -2.33. The Hall–Kier alpha value is -2.74. The number of fused-ring (bicyclic) bond motifs is 1. The molecular formula is C20H24N2O5S. The largest absolute Gasteiger partial charge is 0.489 e. The van der Waals surface area contributed by atoms with Crippen molar-refractivity contribution in [2.24, 2.45) is 0 Å². The molecule has 1 atom stereocenters. The molecule has 8 heteroatoms. The third-order valence-electron chi connectivity index (χ3n) is 4.17. The lowest BCUT2D eigenvalue weighted by molar-refractivity contribution is -0.117. The number of amides is 1. The standard InChI is InChI=1S/C20H24N2O5S/c1-13(2)26-19-8-6-5-7-17(19)21-28(24,25)16-9-10-20-18(11-16)22(15(4)23)12-14(3)27-20/h5-11,13-14,21H,12H2,1-4H3. The molecule has 1 N–H and O–H groups in total. The highest BCUT2D eigenvalue weighted by atomic mass is 32.2. The van der Waals surface area contributed by atoms with Crippen molar-refractivity contribution in [1.29, 1.82) is 0 Å². The summed E-state index contributed by atoms with van der Waals surface area (Å²) >= 11 is 0. The van der Waals surface area contributed by atoms with E-state index in [0.29, 0.717) is 29.4 Å². The zero-order valence-electron chi connectivity index (χ0n) is 16.3. The van der Waals surface area contributed by atoms with E-state index < -0.39 is 10.0 Å². The van der Waals surface area contributed by atoms with E-state index in [9.17, 15) is 13.2 Å². The van der Waals surface area contributed by atoms with Crippen LogP contribution in [0.1, 0.15) is 27.7 Å². The third kappa shape index (κ3) is 4.22. The lowest BCUT2D eigenvalue weighted by atomic mass is 10.2. The molecule has 0 saturated carbocycles. The van der Waals surface area contributed by atoms with Gasteiger partial charge in [-0.3, -0.25) is 9.52 Å². The molecule has 28 heavy (non-hydrogen) atoms. The van der Waals surface area contributed by atoms with Crippen molar-refractivity contribution in [3.05, 3.63) is 42.5 Å². The zero-order valence-corrected chi connectivity index (χ0v) is 17.1. The molecule has 1 unspecified atom stereocenters. The van der Waals surface area contributed by atoms with Gasteiger partial charge in [0.2, 0.25) is 5.91 Å². The van der Waals surface area contributed by atoms with E-state index in [1.165, 1.54) is 24.0 Å². The Kier molecular flexibility index (Phi) is 5.51. The highest BCUT2D eigenvalue weighted by Gasteiger charge is 2.28. The number of anilines is 2. The zero-order chi connectivity index (χ0) is 20.5. The minimum Gasteiger partial charge on any atom is -0.489 e. The smallest absolute Gasteiger partial charge is 0.262 e. The SMILES string of the molecule is CC(=O)N1CC(C)Oc2ccc(S(=O)(=O)Nc3ccccc3OC(C)C)cc21. The molecule has 3 rings (SSSR count). The van der Waals surface area contributed by atoms with Crippen molar-refractivity contribution in [2.75, 3.05) is 16.2 Å². The van der Waals surface area contributed by atoms with Crippen LogP contribution in [0.3, 0.4) is 0 Å². The highest BCUT2D eigenvalue weighted by Crippen LogP contribution is 2.36. The van der Waals surface area contributed by atoms with Gasteiger partial charge in [-0.2, -0.15) is 0 Å². The average molecular weight is 404 g/mol. The normalized spacial score (nSPS) is 16.3. The minimum absolute atomic E-state index is 0.0370. The fourth-order valence-electron chi connectivity index (χ4n) is 2.99. The molecule has 1 heterocycles. The number of nitrogens with zero attached hydrogens (tertiary/aromatic N) is 1. The van der Waals surface area contributed by atoms with E-state index in [0.717, 1.165) is 0 Å². The number of benzene rings is 2. The lowest BCUT2D eigenvalue weighted by Crippen LogP contribution is -2.41. The second-order valence-electron chi connectivity index (χ2n) is 6.96. The van der Waals surface area contributed by atoms with Crippen LogP contribution in [0.25, 0.3) is 0 Å². The van der Waals surface area contributed by atoms with Crippen LogP contribution in [0.2, 0.25) is 0 Å². The van der Waals surface area contributed by atoms with Gasteiger partial charge >= 0.3 is 0 Å². The average Bonchev–Trinajstić information content (AvgIpc) is 2.61. The predicted octanol–water partition coefficient (Wildman–Crippen LogP) is 3.41. The Balaban J connectivity index is 1.96. The topological polar surface area (TPSA) is 84.9 Å². The van der Waals surface area contributed by atoms with Crippen LogP contribution in [0.15, 0.2) is 47.4 Å².